The zero-order valence-electron chi connectivity index (χ0n) is 9.66. The van der Waals surface area contributed by atoms with Gasteiger partial charge in [-0.05, 0) is 19.1 Å². The minimum absolute atomic E-state index is 0.229. The fourth-order valence-electron chi connectivity index (χ4n) is 1.58. The highest BCUT2D eigenvalue weighted by Gasteiger charge is 2.17. The molecule has 0 spiro atoms. The quantitative estimate of drug-likeness (QED) is 0.787. The fraction of sp³-hybridized carbons (Fsp3) is 0.250. The Labute approximate surface area is 102 Å². The average Bonchev–Trinajstić information content (AvgIpc) is 2.84. The van der Waals surface area contributed by atoms with Crippen LogP contribution < -0.4 is 4.90 Å². The van der Waals surface area contributed by atoms with E-state index in [0.29, 0.717) is 18.4 Å². The van der Waals surface area contributed by atoms with Crippen molar-refractivity contribution in [2.24, 2.45) is 0 Å². The van der Waals surface area contributed by atoms with E-state index in [9.17, 15) is 13.2 Å². The van der Waals surface area contributed by atoms with Crippen molar-refractivity contribution in [2.45, 2.75) is 13.5 Å². The lowest BCUT2D eigenvalue weighted by atomic mass is 10.3. The lowest BCUT2D eigenvalue weighted by Gasteiger charge is -2.21. The summed E-state index contributed by atoms with van der Waals surface area (Å²) in [6.07, 6.45) is 1.48. The number of aromatic nitrogens is 1. The number of nitrogens with zero attached hydrogens (tertiary/aromatic N) is 2. The molecular formula is C12H11F3N2O. The van der Waals surface area contributed by atoms with Crippen molar-refractivity contribution in [3.63, 3.8) is 0 Å². The molecule has 18 heavy (non-hydrogen) atoms. The van der Waals surface area contributed by atoms with Gasteiger partial charge in [-0.15, -0.1) is 0 Å². The summed E-state index contributed by atoms with van der Waals surface area (Å²) >= 11 is 0. The van der Waals surface area contributed by atoms with Gasteiger partial charge in [-0.25, -0.2) is 8.78 Å². The Bertz CT molecular complexity index is 528. The molecule has 2 aromatic heterocycles. The normalized spacial score (nSPS) is 10.7. The molecule has 0 saturated heterocycles. The van der Waals surface area contributed by atoms with Crippen LogP contribution in [0.3, 0.4) is 0 Å². The minimum Gasteiger partial charge on any atom is -0.467 e. The molecular weight excluding hydrogens is 245 g/mol. The number of rotatable bonds is 4. The van der Waals surface area contributed by atoms with Crippen LogP contribution in [0.5, 0.6) is 0 Å². The number of hydrogen-bond acceptors (Lipinski definition) is 3. The third-order valence-corrected chi connectivity index (χ3v) is 2.48. The molecule has 0 unspecified atom stereocenters. The summed E-state index contributed by atoms with van der Waals surface area (Å²) in [5.41, 5.74) is 0. The first-order chi connectivity index (χ1) is 8.61. The van der Waals surface area contributed by atoms with Crippen molar-refractivity contribution >= 4 is 5.82 Å². The van der Waals surface area contributed by atoms with E-state index < -0.39 is 17.6 Å². The average molecular weight is 256 g/mol. The monoisotopic (exact) mass is 256 g/mol. The van der Waals surface area contributed by atoms with E-state index in [0.717, 1.165) is 0 Å². The predicted octanol–water partition coefficient (Wildman–Crippen LogP) is 3.12. The molecule has 6 heteroatoms. The minimum atomic E-state index is -1.32. The van der Waals surface area contributed by atoms with Crippen molar-refractivity contribution in [1.29, 1.82) is 0 Å². The molecule has 0 aliphatic heterocycles. The molecule has 2 heterocycles. The lowest BCUT2D eigenvalue weighted by molar-refractivity contribution is 0.458. The van der Waals surface area contributed by atoms with Gasteiger partial charge in [0.2, 0.25) is 0 Å². The molecule has 0 aliphatic carbocycles. The van der Waals surface area contributed by atoms with Crippen LogP contribution in [0, 0.1) is 17.6 Å². The van der Waals surface area contributed by atoms with Crippen LogP contribution in [0.25, 0.3) is 0 Å². The number of furan rings is 1. The van der Waals surface area contributed by atoms with Gasteiger partial charge in [0, 0.05) is 12.6 Å². The van der Waals surface area contributed by atoms with Crippen LogP contribution in [0.1, 0.15) is 12.7 Å². The summed E-state index contributed by atoms with van der Waals surface area (Å²) in [4.78, 5) is 4.75. The van der Waals surface area contributed by atoms with E-state index in [1.807, 2.05) is 0 Å². The van der Waals surface area contributed by atoms with Gasteiger partial charge in [0.15, 0.2) is 17.5 Å². The molecule has 0 fully saturated rings. The summed E-state index contributed by atoms with van der Waals surface area (Å²) in [7, 11) is 0. The van der Waals surface area contributed by atoms with Crippen molar-refractivity contribution < 1.29 is 17.6 Å². The first-order valence-electron chi connectivity index (χ1n) is 5.40. The van der Waals surface area contributed by atoms with Crippen molar-refractivity contribution in [3.05, 3.63) is 47.8 Å². The maximum absolute atomic E-state index is 13.6. The second-order valence-corrected chi connectivity index (χ2v) is 3.66. The third-order valence-electron chi connectivity index (χ3n) is 2.48. The van der Waals surface area contributed by atoms with Gasteiger partial charge in [0.25, 0.3) is 5.95 Å². The fourth-order valence-corrected chi connectivity index (χ4v) is 1.58. The molecule has 0 bridgehead atoms. The smallest absolute Gasteiger partial charge is 0.251 e. The molecule has 2 rings (SSSR count). The third kappa shape index (κ3) is 2.47. The number of anilines is 1. The van der Waals surface area contributed by atoms with E-state index in [-0.39, 0.29) is 12.4 Å². The van der Waals surface area contributed by atoms with Crippen molar-refractivity contribution in [1.82, 2.24) is 4.98 Å². The molecule has 0 aromatic carbocycles. The van der Waals surface area contributed by atoms with Gasteiger partial charge < -0.3 is 9.32 Å². The van der Waals surface area contributed by atoms with E-state index in [1.165, 1.54) is 11.2 Å². The zero-order chi connectivity index (χ0) is 13.1. The molecule has 0 amide bonds. The highest BCUT2D eigenvalue weighted by Crippen LogP contribution is 2.20. The van der Waals surface area contributed by atoms with E-state index in [1.54, 1.807) is 19.1 Å². The zero-order valence-corrected chi connectivity index (χ0v) is 9.66. The Morgan fingerprint density at radius 3 is 2.67 bits per heavy atom. The Morgan fingerprint density at radius 2 is 2.06 bits per heavy atom. The summed E-state index contributed by atoms with van der Waals surface area (Å²) in [5, 5.41) is 0. The summed E-state index contributed by atoms with van der Waals surface area (Å²) in [6.45, 7) is 2.37. The van der Waals surface area contributed by atoms with E-state index in [4.69, 9.17) is 4.42 Å². The van der Waals surface area contributed by atoms with Crippen LogP contribution in [0.15, 0.2) is 28.9 Å². The Hall–Kier alpha value is -1.98. The van der Waals surface area contributed by atoms with Gasteiger partial charge in [-0.1, -0.05) is 0 Å². The van der Waals surface area contributed by atoms with Crippen molar-refractivity contribution in [2.75, 3.05) is 11.4 Å². The second-order valence-electron chi connectivity index (χ2n) is 3.66. The topological polar surface area (TPSA) is 29.3 Å². The number of pyridine rings is 1. The SMILES string of the molecule is CCN(Cc1ccco1)c1nc(F)c(F)cc1F. The molecule has 0 atom stereocenters. The molecule has 0 radical (unpaired) electrons. The molecule has 2 aromatic rings. The van der Waals surface area contributed by atoms with Crippen LogP contribution in [0.2, 0.25) is 0 Å². The number of hydrogen-bond donors (Lipinski definition) is 0. The first-order valence-corrected chi connectivity index (χ1v) is 5.40. The van der Waals surface area contributed by atoms with Gasteiger partial charge in [-0.3, -0.25) is 0 Å². The van der Waals surface area contributed by atoms with Gasteiger partial charge in [0.1, 0.15) is 5.76 Å². The van der Waals surface area contributed by atoms with E-state index in [2.05, 4.69) is 4.98 Å². The highest BCUT2D eigenvalue weighted by molar-refractivity contribution is 5.40. The van der Waals surface area contributed by atoms with Crippen LogP contribution >= 0.6 is 0 Å². The molecule has 3 nitrogen and oxygen atoms in total. The Balaban J connectivity index is 2.30. The lowest BCUT2D eigenvalue weighted by Crippen LogP contribution is -2.24. The van der Waals surface area contributed by atoms with Gasteiger partial charge in [0.05, 0.1) is 12.8 Å². The standard InChI is InChI=1S/C12H11F3N2O/c1-2-17(7-8-4-3-5-18-8)12-10(14)6-9(13)11(15)16-12/h3-6H,2,7H2,1H3. The maximum Gasteiger partial charge on any atom is 0.251 e. The van der Waals surface area contributed by atoms with Crippen LogP contribution in [0.4, 0.5) is 19.0 Å². The highest BCUT2D eigenvalue weighted by atomic mass is 19.2. The maximum atomic E-state index is 13.6. The molecule has 0 N–H and O–H groups in total. The molecule has 0 saturated carbocycles. The predicted molar refractivity (Wildman–Crippen MR) is 59.5 cm³/mol. The van der Waals surface area contributed by atoms with Crippen LogP contribution in [-0.2, 0) is 6.54 Å². The summed E-state index contributed by atoms with van der Waals surface area (Å²) in [6, 6.07) is 3.89. The van der Waals surface area contributed by atoms with Crippen molar-refractivity contribution in [3.8, 4) is 0 Å². The largest absolute Gasteiger partial charge is 0.467 e. The molecule has 96 valence electrons. The van der Waals surface area contributed by atoms with E-state index >= 15 is 0 Å². The van der Waals surface area contributed by atoms with Gasteiger partial charge in [-0.2, -0.15) is 9.37 Å². The first kappa shape index (κ1) is 12.5. The molecule has 0 aliphatic rings. The summed E-state index contributed by atoms with van der Waals surface area (Å²) in [5.74, 6) is -3.16. The summed E-state index contributed by atoms with van der Waals surface area (Å²) < 4.78 is 44.5. The second kappa shape index (κ2) is 5.12. The van der Waals surface area contributed by atoms with Crippen LogP contribution in [-0.4, -0.2) is 11.5 Å². The van der Waals surface area contributed by atoms with Gasteiger partial charge >= 0.3 is 0 Å². The Morgan fingerprint density at radius 1 is 1.28 bits per heavy atom. The number of halogens is 3. The Kier molecular flexibility index (Phi) is 3.55.